The smallest absolute Gasteiger partial charge is 0.228 e. The molecule has 0 spiro atoms. The molecule has 1 aliphatic rings. The number of hydrogen-bond donors (Lipinski definition) is 1. The van der Waals surface area contributed by atoms with Gasteiger partial charge in [0, 0.05) is 29.3 Å². The summed E-state index contributed by atoms with van der Waals surface area (Å²) >= 11 is -0.991. The maximum absolute atomic E-state index is 14.0. The molecule has 0 bridgehead atoms. The highest BCUT2D eigenvalue weighted by atomic mass is 32.2. The fourth-order valence-corrected chi connectivity index (χ4v) is 5.51. The minimum Gasteiger partial charge on any atom is -0.611 e. The normalized spacial score (nSPS) is 13.6. The van der Waals surface area contributed by atoms with E-state index in [1.807, 2.05) is 36.4 Å². The number of nitrogens with one attached hydrogen (secondary N) is 1. The molecule has 0 aromatic heterocycles. The lowest BCUT2D eigenvalue weighted by Crippen LogP contribution is -2.14. The van der Waals surface area contributed by atoms with Crippen LogP contribution in [0.4, 0.5) is 10.1 Å². The van der Waals surface area contributed by atoms with Crippen LogP contribution in [-0.2, 0) is 22.4 Å². The van der Waals surface area contributed by atoms with E-state index in [1.54, 1.807) is 49.6 Å². The molecular weight excluding hydrogens is 501 g/mol. The standard InChI is InChI=1S/C31H28FNO4S/c1-36-26-6-3-7-27(19-26)37-30-18-25(12-15-29(30)23-4-2-5-24(32)17-23)33-31(34)16-21-10-13-28(14-11-21)38(35)20-22-8-9-22/h2-7,10-15,17-19,22H,8-9,16,20H2,1H3,(H,33,34). The van der Waals surface area contributed by atoms with Gasteiger partial charge in [0.25, 0.3) is 0 Å². The van der Waals surface area contributed by atoms with Gasteiger partial charge >= 0.3 is 0 Å². The first kappa shape index (κ1) is 25.8. The number of amides is 1. The van der Waals surface area contributed by atoms with Crippen LogP contribution in [0, 0.1) is 11.7 Å². The summed E-state index contributed by atoms with van der Waals surface area (Å²) in [7, 11) is 1.58. The lowest BCUT2D eigenvalue weighted by molar-refractivity contribution is -0.115. The summed E-state index contributed by atoms with van der Waals surface area (Å²) in [5.41, 5.74) is 2.72. The number of hydrogen-bond acceptors (Lipinski definition) is 4. The Hall–Kier alpha value is -3.81. The van der Waals surface area contributed by atoms with Gasteiger partial charge in [0.05, 0.1) is 13.5 Å². The number of anilines is 1. The first-order chi connectivity index (χ1) is 18.5. The summed E-state index contributed by atoms with van der Waals surface area (Å²) in [4.78, 5) is 13.6. The van der Waals surface area contributed by atoms with Crippen molar-refractivity contribution in [1.82, 2.24) is 0 Å². The molecule has 1 N–H and O–H groups in total. The zero-order valence-corrected chi connectivity index (χ0v) is 21.8. The lowest BCUT2D eigenvalue weighted by atomic mass is 10.0. The number of carbonyl (C=O) groups excluding carboxylic acids is 1. The van der Waals surface area contributed by atoms with E-state index in [4.69, 9.17) is 9.47 Å². The summed E-state index contributed by atoms with van der Waals surface area (Å²) in [6.45, 7) is 0. The minimum atomic E-state index is -0.991. The van der Waals surface area contributed by atoms with E-state index in [1.165, 1.54) is 25.0 Å². The third-order valence-corrected chi connectivity index (χ3v) is 7.88. The second-order valence-corrected chi connectivity index (χ2v) is 10.8. The summed E-state index contributed by atoms with van der Waals surface area (Å²) < 4.78 is 37.8. The van der Waals surface area contributed by atoms with Crippen LogP contribution in [0.3, 0.4) is 0 Å². The van der Waals surface area contributed by atoms with Crippen LogP contribution in [-0.4, -0.2) is 23.3 Å². The molecule has 4 aromatic rings. The molecule has 194 valence electrons. The molecule has 7 heteroatoms. The predicted molar refractivity (Wildman–Crippen MR) is 148 cm³/mol. The van der Waals surface area contributed by atoms with Gasteiger partial charge in [0.15, 0.2) is 4.90 Å². The number of methoxy groups -OCH3 is 1. The second-order valence-electron chi connectivity index (χ2n) is 9.33. The van der Waals surface area contributed by atoms with Gasteiger partial charge < -0.3 is 19.3 Å². The highest BCUT2D eigenvalue weighted by Crippen LogP contribution is 2.37. The maximum Gasteiger partial charge on any atom is 0.228 e. The topological polar surface area (TPSA) is 70.6 Å². The molecule has 0 radical (unpaired) electrons. The Bertz CT molecular complexity index is 1420. The molecule has 0 saturated heterocycles. The third kappa shape index (κ3) is 6.73. The van der Waals surface area contributed by atoms with E-state index < -0.39 is 11.2 Å². The maximum atomic E-state index is 14.0. The van der Waals surface area contributed by atoms with E-state index >= 15 is 0 Å². The quantitative estimate of drug-likeness (QED) is 0.225. The highest BCUT2D eigenvalue weighted by Gasteiger charge is 2.28. The molecule has 1 fully saturated rings. The summed E-state index contributed by atoms with van der Waals surface area (Å²) in [5.74, 6) is 2.41. The molecule has 4 aromatic carbocycles. The van der Waals surface area contributed by atoms with Crippen molar-refractivity contribution in [2.75, 3.05) is 18.2 Å². The van der Waals surface area contributed by atoms with Crippen molar-refractivity contribution in [3.05, 3.63) is 102 Å². The Kier molecular flexibility index (Phi) is 7.96. The predicted octanol–water partition coefficient (Wildman–Crippen LogP) is 6.99. The summed E-state index contributed by atoms with van der Waals surface area (Å²) in [6, 6.07) is 26.1. The van der Waals surface area contributed by atoms with E-state index in [9.17, 15) is 13.7 Å². The number of halogens is 1. The van der Waals surface area contributed by atoms with Crippen LogP contribution < -0.4 is 14.8 Å². The number of benzene rings is 4. The zero-order chi connectivity index (χ0) is 26.5. The summed E-state index contributed by atoms with van der Waals surface area (Å²) in [5, 5.41) is 2.92. The Morgan fingerprint density at radius 1 is 0.974 bits per heavy atom. The van der Waals surface area contributed by atoms with Gasteiger partial charge in [-0.05, 0) is 83.7 Å². The number of ether oxygens (including phenoxy) is 2. The van der Waals surface area contributed by atoms with Crippen molar-refractivity contribution in [2.45, 2.75) is 24.2 Å². The second kappa shape index (κ2) is 11.7. The molecule has 5 rings (SSSR count). The largest absolute Gasteiger partial charge is 0.611 e. The average Bonchev–Trinajstić information content (AvgIpc) is 3.73. The van der Waals surface area contributed by atoms with Crippen LogP contribution in [0.15, 0.2) is 95.9 Å². The van der Waals surface area contributed by atoms with Gasteiger partial charge in [-0.1, -0.05) is 30.3 Å². The number of carbonyl (C=O) groups is 1. The average molecular weight is 530 g/mol. The minimum absolute atomic E-state index is 0.174. The van der Waals surface area contributed by atoms with Gasteiger partial charge in [0.2, 0.25) is 5.91 Å². The first-order valence-corrected chi connectivity index (χ1v) is 13.8. The molecular formula is C31H28FNO4S. The molecule has 38 heavy (non-hydrogen) atoms. The van der Waals surface area contributed by atoms with Crippen LogP contribution >= 0.6 is 0 Å². The Labute approximate surface area is 224 Å². The SMILES string of the molecule is COc1cccc(Oc2cc(NC(=O)Cc3ccc([S+]([O-])CC4CC4)cc3)ccc2-c2cccc(F)c2)c1. The van der Waals surface area contributed by atoms with E-state index in [0.717, 1.165) is 10.5 Å². The third-order valence-electron chi connectivity index (χ3n) is 6.30. The van der Waals surface area contributed by atoms with Crippen LogP contribution in [0.5, 0.6) is 17.2 Å². The van der Waals surface area contributed by atoms with Gasteiger partial charge in [-0.25, -0.2) is 4.39 Å². The Morgan fingerprint density at radius 2 is 1.74 bits per heavy atom. The van der Waals surface area contributed by atoms with Crippen molar-refractivity contribution in [2.24, 2.45) is 5.92 Å². The van der Waals surface area contributed by atoms with Crippen molar-refractivity contribution < 1.29 is 23.2 Å². The molecule has 1 saturated carbocycles. The lowest BCUT2D eigenvalue weighted by Gasteiger charge is -2.15. The number of rotatable bonds is 10. The molecule has 1 unspecified atom stereocenters. The molecule has 5 nitrogen and oxygen atoms in total. The van der Waals surface area contributed by atoms with E-state index in [0.29, 0.717) is 45.7 Å². The molecule has 1 atom stereocenters. The molecule has 1 aliphatic carbocycles. The Balaban J connectivity index is 1.32. The Morgan fingerprint density at radius 3 is 2.47 bits per heavy atom. The highest BCUT2D eigenvalue weighted by molar-refractivity contribution is 7.91. The van der Waals surface area contributed by atoms with Gasteiger partial charge in [-0.15, -0.1) is 0 Å². The van der Waals surface area contributed by atoms with Gasteiger partial charge in [0.1, 0.15) is 28.8 Å². The van der Waals surface area contributed by atoms with Gasteiger partial charge in [-0.2, -0.15) is 0 Å². The van der Waals surface area contributed by atoms with Crippen molar-refractivity contribution in [3.8, 4) is 28.4 Å². The van der Waals surface area contributed by atoms with Crippen molar-refractivity contribution in [3.63, 3.8) is 0 Å². The fourth-order valence-electron chi connectivity index (χ4n) is 4.12. The first-order valence-electron chi connectivity index (χ1n) is 12.5. The van der Waals surface area contributed by atoms with Crippen molar-refractivity contribution in [1.29, 1.82) is 0 Å². The van der Waals surface area contributed by atoms with Crippen molar-refractivity contribution >= 4 is 22.8 Å². The monoisotopic (exact) mass is 529 g/mol. The molecule has 1 amide bonds. The zero-order valence-electron chi connectivity index (χ0n) is 21.0. The van der Waals surface area contributed by atoms with E-state index in [2.05, 4.69) is 5.32 Å². The molecule has 0 aliphatic heterocycles. The fraction of sp³-hybridized carbons (Fsp3) is 0.194. The van der Waals surface area contributed by atoms with Gasteiger partial charge in [-0.3, -0.25) is 4.79 Å². The van der Waals surface area contributed by atoms with E-state index in [-0.39, 0.29) is 18.1 Å². The van der Waals surface area contributed by atoms with Crippen LogP contribution in [0.2, 0.25) is 0 Å². The molecule has 0 heterocycles. The van der Waals surface area contributed by atoms with Crippen LogP contribution in [0.25, 0.3) is 11.1 Å². The summed E-state index contributed by atoms with van der Waals surface area (Å²) in [6.07, 6.45) is 2.51. The van der Waals surface area contributed by atoms with Crippen LogP contribution in [0.1, 0.15) is 18.4 Å².